The first kappa shape index (κ1) is 23.6. The standard InChI is InChI=1S/C22H30N6O3S/c1-4-11-24-20-18-14-25-28(21(18)27-22(26-20)32-6-3)13-12-23-19(29)15-31-17-9-7-16(8-10-17)30-5-2/h7-10,14H,4-6,11-13,15H2,1-3H3,(H,23,29)(H,24,26,27). The minimum Gasteiger partial charge on any atom is -0.494 e. The normalized spacial score (nSPS) is 10.8. The Morgan fingerprint density at radius 1 is 1.06 bits per heavy atom. The van der Waals surface area contributed by atoms with E-state index >= 15 is 0 Å². The van der Waals surface area contributed by atoms with Gasteiger partial charge in [-0.3, -0.25) is 4.79 Å². The van der Waals surface area contributed by atoms with Gasteiger partial charge in [0.05, 0.1) is 24.7 Å². The van der Waals surface area contributed by atoms with Crippen LogP contribution in [0.15, 0.2) is 35.6 Å². The van der Waals surface area contributed by atoms with Crippen LogP contribution in [0.3, 0.4) is 0 Å². The van der Waals surface area contributed by atoms with Gasteiger partial charge in [-0.2, -0.15) is 5.10 Å². The first-order valence-corrected chi connectivity index (χ1v) is 11.9. The zero-order chi connectivity index (χ0) is 22.8. The van der Waals surface area contributed by atoms with Crippen molar-refractivity contribution in [1.82, 2.24) is 25.1 Å². The molecule has 0 radical (unpaired) electrons. The second-order valence-electron chi connectivity index (χ2n) is 6.86. The molecule has 172 valence electrons. The molecule has 1 aromatic carbocycles. The summed E-state index contributed by atoms with van der Waals surface area (Å²) in [6.07, 6.45) is 2.77. The Bertz CT molecular complexity index is 1010. The number of nitrogens with one attached hydrogen (secondary N) is 2. The highest BCUT2D eigenvalue weighted by Gasteiger charge is 2.13. The summed E-state index contributed by atoms with van der Waals surface area (Å²) >= 11 is 1.59. The molecule has 0 atom stereocenters. The van der Waals surface area contributed by atoms with Crippen molar-refractivity contribution in [2.24, 2.45) is 0 Å². The average Bonchev–Trinajstić information content (AvgIpc) is 3.20. The lowest BCUT2D eigenvalue weighted by molar-refractivity contribution is -0.123. The first-order valence-electron chi connectivity index (χ1n) is 10.9. The number of nitrogens with zero attached hydrogens (tertiary/aromatic N) is 4. The lowest BCUT2D eigenvalue weighted by Crippen LogP contribution is -2.31. The molecular weight excluding hydrogens is 428 g/mol. The number of hydrogen-bond acceptors (Lipinski definition) is 8. The molecule has 10 heteroatoms. The topological polar surface area (TPSA) is 103 Å². The van der Waals surface area contributed by atoms with Crippen LogP contribution in [0.1, 0.15) is 27.2 Å². The van der Waals surface area contributed by atoms with E-state index in [0.29, 0.717) is 30.6 Å². The smallest absolute Gasteiger partial charge is 0.258 e. The molecule has 0 aliphatic rings. The number of amides is 1. The molecule has 0 fully saturated rings. The second kappa shape index (κ2) is 12.1. The van der Waals surface area contributed by atoms with Gasteiger partial charge in [-0.25, -0.2) is 14.6 Å². The van der Waals surface area contributed by atoms with E-state index in [4.69, 9.17) is 9.47 Å². The number of rotatable bonds is 13. The highest BCUT2D eigenvalue weighted by atomic mass is 32.2. The van der Waals surface area contributed by atoms with Crippen LogP contribution in [0.2, 0.25) is 0 Å². The predicted molar refractivity (Wildman–Crippen MR) is 127 cm³/mol. The third-order valence-electron chi connectivity index (χ3n) is 4.44. The highest BCUT2D eigenvalue weighted by Crippen LogP contribution is 2.24. The fraction of sp³-hybridized carbons (Fsp3) is 0.455. The van der Waals surface area contributed by atoms with Gasteiger partial charge in [0.1, 0.15) is 17.3 Å². The number of benzene rings is 1. The van der Waals surface area contributed by atoms with Crippen LogP contribution in [-0.4, -0.2) is 57.7 Å². The van der Waals surface area contributed by atoms with Crippen molar-refractivity contribution in [2.75, 3.05) is 37.4 Å². The number of anilines is 1. The quantitative estimate of drug-likeness (QED) is 0.297. The van der Waals surface area contributed by atoms with Gasteiger partial charge < -0.3 is 20.1 Å². The van der Waals surface area contributed by atoms with Crippen LogP contribution >= 0.6 is 11.8 Å². The zero-order valence-corrected chi connectivity index (χ0v) is 19.6. The molecule has 1 amide bonds. The van der Waals surface area contributed by atoms with E-state index in [1.165, 1.54) is 0 Å². The van der Waals surface area contributed by atoms with Crippen LogP contribution in [0, 0.1) is 0 Å². The second-order valence-corrected chi connectivity index (χ2v) is 8.09. The maximum absolute atomic E-state index is 12.2. The molecule has 9 nitrogen and oxygen atoms in total. The van der Waals surface area contributed by atoms with Crippen molar-refractivity contribution in [3.05, 3.63) is 30.5 Å². The Balaban J connectivity index is 1.54. The van der Waals surface area contributed by atoms with Gasteiger partial charge in [-0.15, -0.1) is 0 Å². The summed E-state index contributed by atoms with van der Waals surface area (Å²) in [5, 5.41) is 12.3. The Labute approximate surface area is 192 Å². The van der Waals surface area contributed by atoms with Crippen LogP contribution in [0.25, 0.3) is 11.0 Å². The van der Waals surface area contributed by atoms with Crippen LogP contribution < -0.4 is 20.1 Å². The van der Waals surface area contributed by atoms with Crippen LogP contribution in [-0.2, 0) is 11.3 Å². The Kier molecular flexibility index (Phi) is 8.97. The van der Waals surface area contributed by atoms with Gasteiger partial charge in [-0.1, -0.05) is 25.6 Å². The molecule has 2 N–H and O–H groups in total. The van der Waals surface area contributed by atoms with Crippen molar-refractivity contribution in [3.63, 3.8) is 0 Å². The maximum atomic E-state index is 12.2. The minimum atomic E-state index is -0.197. The first-order chi connectivity index (χ1) is 15.6. The van der Waals surface area contributed by atoms with Gasteiger partial charge in [0.15, 0.2) is 17.4 Å². The van der Waals surface area contributed by atoms with Crippen LogP contribution in [0.5, 0.6) is 11.5 Å². The number of thioether (sulfide) groups is 1. The summed E-state index contributed by atoms with van der Waals surface area (Å²) in [5.74, 6) is 2.88. The molecule has 3 aromatic rings. The number of carbonyl (C=O) groups is 1. The van der Waals surface area contributed by atoms with Gasteiger partial charge in [-0.05, 0) is 43.4 Å². The van der Waals surface area contributed by atoms with Gasteiger partial charge in [0, 0.05) is 13.1 Å². The molecule has 0 aliphatic carbocycles. The SMILES string of the molecule is CCCNc1nc(SCC)nc2c1cnn2CCNC(=O)COc1ccc(OCC)cc1. The molecule has 2 heterocycles. The summed E-state index contributed by atoms with van der Waals surface area (Å²) in [6.45, 7) is 8.41. The number of aromatic nitrogens is 4. The maximum Gasteiger partial charge on any atom is 0.258 e. The summed E-state index contributed by atoms with van der Waals surface area (Å²) < 4.78 is 12.7. The van der Waals surface area contributed by atoms with Gasteiger partial charge >= 0.3 is 0 Å². The van der Waals surface area contributed by atoms with Gasteiger partial charge in [0.2, 0.25) is 0 Å². The fourth-order valence-corrected chi connectivity index (χ4v) is 3.54. The van der Waals surface area contributed by atoms with Crippen LogP contribution in [0.4, 0.5) is 5.82 Å². The van der Waals surface area contributed by atoms with E-state index in [9.17, 15) is 4.79 Å². The van der Waals surface area contributed by atoms with E-state index in [1.807, 2.05) is 19.1 Å². The molecule has 2 aromatic heterocycles. The minimum absolute atomic E-state index is 0.0572. The van der Waals surface area contributed by atoms with Crippen molar-refractivity contribution in [1.29, 1.82) is 0 Å². The van der Waals surface area contributed by atoms with E-state index in [2.05, 4.69) is 39.5 Å². The van der Waals surface area contributed by atoms with Crippen molar-refractivity contribution < 1.29 is 14.3 Å². The lowest BCUT2D eigenvalue weighted by Gasteiger charge is -2.10. The Morgan fingerprint density at radius 3 is 2.50 bits per heavy atom. The largest absolute Gasteiger partial charge is 0.494 e. The van der Waals surface area contributed by atoms with E-state index < -0.39 is 0 Å². The fourth-order valence-electron chi connectivity index (χ4n) is 2.97. The van der Waals surface area contributed by atoms with Crippen molar-refractivity contribution in [2.45, 2.75) is 38.9 Å². The van der Waals surface area contributed by atoms with E-state index in [-0.39, 0.29) is 12.5 Å². The molecule has 0 spiro atoms. The molecule has 3 rings (SSSR count). The molecule has 0 saturated carbocycles. The predicted octanol–water partition coefficient (Wildman–Crippen LogP) is 3.35. The molecule has 0 aliphatic heterocycles. The summed E-state index contributed by atoms with van der Waals surface area (Å²) in [4.78, 5) is 21.4. The molecular formula is C22H30N6O3S. The highest BCUT2D eigenvalue weighted by molar-refractivity contribution is 7.99. The monoisotopic (exact) mass is 458 g/mol. The third kappa shape index (κ3) is 6.49. The lowest BCUT2D eigenvalue weighted by atomic mass is 10.3. The van der Waals surface area contributed by atoms with Crippen molar-refractivity contribution in [3.8, 4) is 11.5 Å². The number of fused-ring (bicyclic) bond motifs is 1. The zero-order valence-electron chi connectivity index (χ0n) is 18.8. The summed E-state index contributed by atoms with van der Waals surface area (Å²) in [6, 6.07) is 7.19. The molecule has 0 bridgehead atoms. The average molecular weight is 459 g/mol. The van der Waals surface area contributed by atoms with E-state index in [0.717, 1.165) is 41.3 Å². The van der Waals surface area contributed by atoms with Crippen molar-refractivity contribution >= 4 is 34.5 Å². The van der Waals surface area contributed by atoms with E-state index in [1.54, 1.807) is 34.8 Å². The Hall–Kier alpha value is -3.01. The summed E-state index contributed by atoms with van der Waals surface area (Å²) in [5.41, 5.74) is 0.759. The molecule has 32 heavy (non-hydrogen) atoms. The number of carbonyl (C=O) groups excluding carboxylic acids is 1. The molecule has 0 saturated heterocycles. The Morgan fingerprint density at radius 2 is 1.81 bits per heavy atom. The number of ether oxygens (including phenoxy) is 2. The number of hydrogen-bond donors (Lipinski definition) is 2. The molecule has 0 unspecified atom stereocenters. The van der Waals surface area contributed by atoms with Gasteiger partial charge in [0.25, 0.3) is 5.91 Å². The third-order valence-corrected chi connectivity index (χ3v) is 5.17. The summed E-state index contributed by atoms with van der Waals surface area (Å²) in [7, 11) is 0.